The third-order valence-corrected chi connectivity index (χ3v) is 2.10. The van der Waals surface area contributed by atoms with E-state index in [4.69, 9.17) is 4.74 Å². The van der Waals surface area contributed by atoms with Crippen LogP contribution in [0.3, 0.4) is 0 Å². The summed E-state index contributed by atoms with van der Waals surface area (Å²) in [6.07, 6.45) is -0.256. The maximum Gasteiger partial charge on any atom is 0.304 e. The standard InChI is InChI=1S/C10H11NO2/c1-7(12)13-10-9-5-3-2-4-8(9)6-11-10/h2-5,10-11H,6H2,1H3/t10-/m0/s1. The minimum atomic E-state index is -0.256. The van der Waals surface area contributed by atoms with Gasteiger partial charge in [-0.1, -0.05) is 24.3 Å². The summed E-state index contributed by atoms with van der Waals surface area (Å²) in [5.74, 6) is -0.255. The quantitative estimate of drug-likeness (QED) is 0.658. The number of benzene rings is 1. The summed E-state index contributed by atoms with van der Waals surface area (Å²) in [7, 11) is 0. The predicted octanol–water partition coefficient (Wildman–Crippen LogP) is 1.35. The molecule has 13 heavy (non-hydrogen) atoms. The molecule has 0 fully saturated rings. The van der Waals surface area contributed by atoms with Crippen molar-refractivity contribution in [2.45, 2.75) is 19.7 Å². The van der Waals surface area contributed by atoms with E-state index in [1.807, 2.05) is 24.3 Å². The number of ether oxygens (including phenoxy) is 1. The van der Waals surface area contributed by atoms with Crippen LogP contribution in [0, 0.1) is 0 Å². The van der Waals surface area contributed by atoms with Crippen LogP contribution in [0.5, 0.6) is 0 Å². The SMILES string of the molecule is CC(=O)O[C@@H]1NCc2ccccc21. The summed E-state index contributed by atoms with van der Waals surface area (Å²) in [5, 5.41) is 3.11. The highest BCUT2D eigenvalue weighted by Gasteiger charge is 2.22. The lowest BCUT2D eigenvalue weighted by atomic mass is 10.1. The molecule has 0 saturated carbocycles. The van der Waals surface area contributed by atoms with E-state index in [9.17, 15) is 4.79 Å². The monoisotopic (exact) mass is 177 g/mol. The Kier molecular flexibility index (Phi) is 2.02. The first-order valence-electron chi connectivity index (χ1n) is 4.26. The third kappa shape index (κ3) is 1.55. The number of carbonyl (C=O) groups is 1. The Morgan fingerprint density at radius 1 is 1.54 bits per heavy atom. The fourth-order valence-electron chi connectivity index (χ4n) is 1.53. The van der Waals surface area contributed by atoms with Crippen molar-refractivity contribution in [3.63, 3.8) is 0 Å². The molecule has 1 heterocycles. The Morgan fingerprint density at radius 2 is 2.31 bits per heavy atom. The molecule has 1 atom stereocenters. The van der Waals surface area contributed by atoms with E-state index in [0.717, 1.165) is 12.1 Å². The topological polar surface area (TPSA) is 38.3 Å². The molecule has 0 unspecified atom stereocenters. The highest BCUT2D eigenvalue weighted by Crippen LogP contribution is 2.25. The predicted molar refractivity (Wildman–Crippen MR) is 47.8 cm³/mol. The number of hydrogen-bond donors (Lipinski definition) is 1. The molecular weight excluding hydrogens is 166 g/mol. The molecule has 0 aromatic heterocycles. The first kappa shape index (κ1) is 8.26. The molecule has 1 aliphatic heterocycles. The average molecular weight is 177 g/mol. The summed E-state index contributed by atoms with van der Waals surface area (Å²) >= 11 is 0. The summed E-state index contributed by atoms with van der Waals surface area (Å²) in [5.41, 5.74) is 2.27. The van der Waals surface area contributed by atoms with Crippen molar-refractivity contribution in [1.29, 1.82) is 0 Å². The molecule has 2 rings (SSSR count). The highest BCUT2D eigenvalue weighted by molar-refractivity contribution is 5.66. The van der Waals surface area contributed by atoms with E-state index in [1.165, 1.54) is 12.5 Å². The molecule has 68 valence electrons. The Balaban J connectivity index is 2.23. The summed E-state index contributed by atoms with van der Waals surface area (Å²) in [4.78, 5) is 10.7. The Morgan fingerprint density at radius 3 is 3.08 bits per heavy atom. The van der Waals surface area contributed by atoms with Crippen molar-refractivity contribution < 1.29 is 9.53 Å². The molecule has 0 radical (unpaired) electrons. The van der Waals surface area contributed by atoms with Gasteiger partial charge in [0, 0.05) is 19.0 Å². The lowest BCUT2D eigenvalue weighted by Gasteiger charge is -2.11. The van der Waals surface area contributed by atoms with Gasteiger partial charge in [0.15, 0.2) is 6.23 Å². The van der Waals surface area contributed by atoms with Gasteiger partial charge in [-0.15, -0.1) is 0 Å². The van der Waals surface area contributed by atoms with Gasteiger partial charge < -0.3 is 4.74 Å². The number of hydrogen-bond acceptors (Lipinski definition) is 3. The van der Waals surface area contributed by atoms with Crippen LogP contribution in [-0.4, -0.2) is 5.97 Å². The van der Waals surface area contributed by atoms with E-state index in [0.29, 0.717) is 0 Å². The zero-order chi connectivity index (χ0) is 9.26. The summed E-state index contributed by atoms with van der Waals surface area (Å²) in [6.45, 7) is 2.19. The van der Waals surface area contributed by atoms with Crippen molar-refractivity contribution in [2.75, 3.05) is 0 Å². The molecule has 0 amide bonds. The molecule has 3 nitrogen and oxygen atoms in total. The molecule has 1 aromatic carbocycles. The van der Waals surface area contributed by atoms with E-state index < -0.39 is 0 Å². The number of nitrogens with one attached hydrogen (secondary N) is 1. The fraction of sp³-hybridized carbons (Fsp3) is 0.300. The van der Waals surface area contributed by atoms with Crippen LogP contribution < -0.4 is 5.32 Å². The smallest absolute Gasteiger partial charge is 0.304 e. The van der Waals surface area contributed by atoms with Gasteiger partial charge >= 0.3 is 5.97 Å². The molecule has 0 aliphatic carbocycles. The Labute approximate surface area is 76.7 Å². The van der Waals surface area contributed by atoms with E-state index in [2.05, 4.69) is 5.32 Å². The van der Waals surface area contributed by atoms with Gasteiger partial charge in [0.2, 0.25) is 0 Å². The van der Waals surface area contributed by atoms with E-state index >= 15 is 0 Å². The molecule has 1 N–H and O–H groups in total. The molecule has 3 heteroatoms. The van der Waals surface area contributed by atoms with Crippen molar-refractivity contribution >= 4 is 5.97 Å². The minimum Gasteiger partial charge on any atom is -0.442 e. The number of fused-ring (bicyclic) bond motifs is 1. The van der Waals surface area contributed by atoms with Gasteiger partial charge in [0.25, 0.3) is 0 Å². The number of rotatable bonds is 1. The molecule has 0 saturated heterocycles. The minimum absolute atomic E-state index is 0.255. The van der Waals surface area contributed by atoms with Gasteiger partial charge in [0.05, 0.1) is 0 Å². The van der Waals surface area contributed by atoms with Gasteiger partial charge in [-0.3, -0.25) is 10.1 Å². The Bertz CT molecular complexity index is 335. The lowest BCUT2D eigenvalue weighted by molar-refractivity contribution is -0.147. The van der Waals surface area contributed by atoms with Gasteiger partial charge in [-0.25, -0.2) is 0 Å². The molecule has 0 bridgehead atoms. The van der Waals surface area contributed by atoms with Gasteiger partial charge in [-0.05, 0) is 5.56 Å². The zero-order valence-electron chi connectivity index (χ0n) is 7.41. The van der Waals surface area contributed by atoms with E-state index in [1.54, 1.807) is 0 Å². The second kappa shape index (κ2) is 3.18. The van der Waals surface area contributed by atoms with Gasteiger partial charge in [-0.2, -0.15) is 0 Å². The van der Waals surface area contributed by atoms with Crippen LogP contribution in [0.2, 0.25) is 0 Å². The molecular formula is C10H11NO2. The molecule has 0 spiro atoms. The molecule has 1 aromatic rings. The number of carbonyl (C=O) groups excluding carboxylic acids is 1. The first-order chi connectivity index (χ1) is 6.27. The second-order valence-electron chi connectivity index (χ2n) is 3.07. The normalized spacial score (nSPS) is 19.6. The average Bonchev–Trinajstić information content (AvgIpc) is 2.48. The van der Waals surface area contributed by atoms with Crippen LogP contribution in [0.25, 0.3) is 0 Å². The van der Waals surface area contributed by atoms with Crippen LogP contribution in [0.1, 0.15) is 24.3 Å². The third-order valence-electron chi connectivity index (χ3n) is 2.10. The van der Waals surface area contributed by atoms with Crippen molar-refractivity contribution in [1.82, 2.24) is 5.32 Å². The highest BCUT2D eigenvalue weighted by atomic mass is 16.6. The fourth-order valence-corrected chi connectivity index (χ4v) is 1.53. The lowest BCUT2D eigenvalue weighted by Crippen LogP contribution is -2.17. The van der Waals surface area contributed by atoms with Crippen molar-refractivity contribution in [3.8, 4) is 0 Å². The maximum absolute atomic E-state index is 10.7. The summed E-state index contributed by atoms with van der Waals surface area (Å²) < 4.78 is 5.09. The van der Waals surface area contributed by atoms with Crippen LogP contribution in [0.15, 0.2) is 24.3 Å². The maximum atomic E-state index is 10.7. The largest absolute Gasteiger partial charge is 0.442 e. The summed E-state index contributed by atoms with van der Waals surface area (Å²) in [6, 6.07) is 7.94. The van der Waals surface area contributed by atoms with Crippen LogP contribution in [-0.2, 0) is 16.1 Å². The second-order valence-corrected chi connectivity index (χ2v) is 3.07. The molecule has 1 aliphatic rings. The Hall–Kier alpha value is -1.35. The zero-order valence-corrected chi connectivity index (χ0v) is 7.41. The van der Waals surface area contributed by atoms with Gasteiger partial charge in [0.1, 0.15) is 0 Å². The van der Waals surface area contributed by atoms with Crippen molar-refractivity contribution in [2.24, 2.45) is 0 Å². The number of esters is 1. The van der Waals surface area contributed by atoms with E-state index in [-0.39, 0.29) is 12.2 Å². The first-order valence-corrected chi connectivity index (χ1v) is 4.26. The van der Waals surface area contributed by atoms with Crippen molar-refractivity contribution in [3.05, 3.63) is 35.4 Å². The van der Waals surface area contributed by atoms with Crippen LogP contribution >= 0.6 is 0 Å². The van der Waals surface area contributed by atoms with Crippen LogP contribution in [0.4, 0.5) is 0 Å².